The Balaban J connectivity index is 2.10. The molecule has 6 heteroatoms. The molecular weight excluding hydrogens is 220 g/mol. The number of aryl methyl sites for hydroxylation is 1. The summed E-state index contributed by atoms with van der Waals surface area (Å²) in [6, 6.07) is 2.21. The molecule has 1 aliphatic carbocycles. The van der Waals surface area contributed by atoms with Crippen LogP contribution in [0.1, 0.15) is 38.0 Å². The molecule has 6 nitrogen and oxygen atoms in total. The van der Waals surface area contributed by atoms with Crippen molar-refractivity contribution in [3.63, 3.8) is 0 Å². The molecular formula is C11H14N4O2. The van der Waals surface area contributed by atoms with Gasteiger partial charge in [0.05, 0.1) is 6.07 Å². The maximum atomic E-state index is 12.1. The zero-order valence-corrected chi connectivity index (χ0v) is 9.69. The molecule has 0 bridgehead atoms. The van der Waals surface area contributed by atoms with Crippen LogP contribution in [0.5, 0.6) is 0 Å². The van der Waals surface area contributed by atoms with Crippen LogP contribution in [0.25, 0.3) is 0 Å². The van der Waals surface area contributed by atoms with E-state index in [4.69, 9.17) is 4.42 Å². The maximum Gasteiger partial charge on any atom is 0.322 e. The van der Waals surface area contributed by atoms with E-state index < -0.39 is 5.41 Å². The van der Waals surface area contributed by atoms with Crippen LogP contribution in [-0.2, 0) is 4.79 Å². The molecule has 1 aliphatic rings. The highest BCUT2D eigenvalue weighted by molar-refractivity contribution is 5.95. The van der Waals surface area contributed by atoms with E-state index in [-0.39, 0.29) is 11.9 Å². The lowest BCUT2D eigenvalue weighted by Crippen LogP contribution is -2.36. The molecule has 1 saturated carbocycles. The summed E-state index contributed by atoms with van der Waals surface area (Å²) in [7, 11) is 0. The third-order valence-electron chi connectivity index (χ3n) is 3.10. The Hall–Kier alpha value is -1.90. The van der Waals surface area contributed by atoms with Crippen LogP contribution in [-0.4, -0.2) is 16.1 Å². The molecule has 1 N–H and O–H groups in total. The van der Waals surface area contributed by atoms with Crippen molar-refractivity contribution >= 4 is 11.9 Å². The van der Waals surface area contributed by atoms with Crippen LogP contribution in [0, 0.1) is 23.7 Å². The first-order valence-electron chi connectivity index (χ1n) is 5.69. The van der Waals surface area contributed by atoms with E-state index in [9.17, 15) is 10.1 Å². The van der Waals surface area contributed by atoms with Gasteiger partial charge in [-0.1, -0.05) is 24.4 Å². The first-order chi connectivity index (χ1) is 8.16. The van der Waals surface area contributed by atoms with Crippen LogP contribution in [0.4, 0.5) is 6.01 Å². The van der Waals surface area contributed by atoms with Crippen molar-refractivity contribution in [3.05, 3.63) is 5.89 Å². The van der Waals surface area contributed by atoms with Crippen LogP contribution >= 0.6 is 0 Å². The van der Waals surface area contributed by atoms with Crippen molar-refractivity contribution < 1.29 is 9.21 Å². The fraction of sp³-hybridized carbons (Fsp3) is 0.636. The van der Waals surface area contributed by atoms with E-state index in [1.165, 1.54) is 0 Å². The number of carbonyl (C=O) groups is 1. The molecule has 0 radical (unpaired) electrons. The predicted molar refractivity (Wildman–Crippen MR) is 58.8 cm³/mol. The smallest absolute Gasteiger partial charge is 0.322 e. The highest BCUT2D eigenvalue weighted by atomic mass is 16.4. The van der Waals surface area contributed by atoms with Gasteiger partial charge < -0.3 is 4.42 Å². The summed E-state index contributed by atoms with van der Waals surface area (Å²) in [5, 5.41) is 19.0. The number of amides is 1. The van der Waals surface area contributed by atoms with E-state index in [0.29, 0.717) is 18.7 Å². The van der Waals surface area contributed by atoms with Crippen molar-refractivity contribution in [2.45, 2.75) is 39.0 Å². The molecule has 2 rings (SSSR count). The minimum atomic E-state index is -0.930. The van der Waals surface area contributed by atoms with Gasteiger partial charge in [-0.15, -0.1) is 5.10 Å². The van der Waals surface area contributed by atoms with Gasteiger partial charge in [0, 0.05) is 6.92 Å². The number of carbonyl (C=O) groups excluding carboxylic acids is 1. The largest absolute Gasteiger partial charge is 0.408 e. The van der Waals surface area contributed by atoms with Crippen LogP contribution in [0.15, 0.2) is 4.42 Å². The second kappa shape index (κ2) is 4.53. The van der Waals surface area contributed by atoms with Crippen molar-refractivity contribution in [2.75, 3.05) is 5.32 Å². The number of nitriles is 1. The summed E-state index contributed by atoms with van der Waals surface area (Å²) in [5.41, 5.74) is -0.930. The molecule has 90 valence electrons. The Morgan fingerprint density at radius 2 is 2.12 bits per heavy atom. The molecule has 1 amide bonds. The molecule has 1 aromatic heterocycles. The molecule has 0 aliphatic heterocycles. The van der Waals surface area contributed by atoms with Crippen LogP contribution in [0.3, 0.4) is 0 Å². The van der Waals surface area contributed by atoms with Crippen molar-refractivity contribution in [3.8, 4) is 6.07 Å². The summed E-state index contributed by atoms with van der Waals surface area (Å²) in [6.45, 7) is 1.64. The quantitative estimate of drug-likeness (QED) is 0.842. The zero-order valence-electron chi connectivity index (χ0n) is 9.69. The summed E-state index contributed by atoms with van der Waals surface area (Å²) in [4.78, 5) is 12.1. The van der Waals surface area contributed by atoms with Crippen molar-refractivity contribution in [1.29, 1.82) is 5.26 Å². The highest BCUT2D eigenvalue weighted by Gasteiger charge is 2.40. The van der Waals surface area contributed by atoms with E-state index in [1.54, 1.807) is 6.92 Å². The molecule has 1 fully saturated rings. The fourth-order valence-electron chi connectivity index (χ4n) is 2.11. The maximum absolute atomic E-state index is 12.1. The number of nitrogens with one attached hydrogen (secondary N) is 1. The topological polar surface area (TPSA) is 91.8 Å². The van der Waals surface area contributed by atoms with Gasteiger partial charge in [-0.05, 0) is 12.8 Å². The monoisotopic (exact) mass is 234 g/mol. The standard InChI is InChI=1S/C11H14N4O2/c1-8-14-15-10(17-8)13-9(16)11(7-12)5-3-2-4-6-11/h2-6H2,1H3,(H,13,15,16). The van der Waals surface area contributed by atoms with Gasteiger partial charge in [0.15, 0.2) is 0 Å². The first kappa shape index (κ1) is 11.6. The Morgan fingerprint density at radius 3 is 2.65 bits per heavy atom. The van der Waals surface area contributed by atoms with E-state index >= 15 is 0 Å². The number of aromatic nitrogens is 2. The van der Waals surface area contributed by atoms with Crippen molar-refractivity contribution in [1.82, 2.24) is 10.2 Å². The predicted octanol–water partition coefficient (Wildman–Crippen LogP) is 1.79. The summed E-state index contributed by atoms with van der Waals surface area (Å²) in [6.07, 6.45) is 4.09. The minimum absolute atomic E-state index is 0.0627. The van der Waals surface area contributed by atoms with Crippen molar-refractivity contribution in [2.24, 2.45) is 5.41 Å². The fourth-order valence-corrected chi connectivity index (χ4v) is 2.11. The van der Waals surface area contributed by atoms with Gasteiger partial charge in [0.2, 0.25) is 11.8 Å². The van der Waals surface area contributed by atoms with Gasteiger partial charge in [-0.25, -0.2) is 0 Å². The van der Waals surface area contributed by atoms with E-state index in [1.807, 2.05) is 0 Å². The molecule has 0 atom stereocenters. The van der Waals surface area contributed by atoms with Crippen LogP contribution in [0.2, 0.25) is 0 Å². The summed E-state index contributed by atoms with van der Waals surface area (Å²) >= 11 is 0. The Morgan fingerprint density at radius 1 is 1.41 bits per heavy atom. The average molecular weight is 234 g/mol. The van der Waals surface area contributed by atoms with E-state index in [0.717, 1.165) is 19.3 Å². The first-order valence-corrected chi connectivity index (χ1v) is 5.69. The number of nitrogens with zero attached hydrogens (tertiary/aromatic N) is 3. The molecule has 0 unspecified atom stereocenters. The lowest BCUT2D eigenvalue weighted by Gasteiger charge is -2.28. The SMILES string of the molecule is Cc1nnc(NC(=O)C2(C#N)CCCCC2)o1. The molecule has 17 heavy (non-hydrogen) atoms. The lowest BCUT2D eigenvalue weighted by molar-refractivity contribution is -0.124. The number of hydrogen-bond acceptors (Lipinski definition) is 5. The van der Waals surface area contributed by atoms with Gasteiger partial charge in [-0.2, -0.15) is 5.26 Å². The Labute approximate surface area is 99.0 Å². The van der Waals surface area contributed by atoms with Crippen LogP contribution < -0.4 is 5.32 Å². The lowest BCUT2D eigenvalue weighted by atomic mass is 9.74. The summed E-state index contributed by atoms with van der Waals surface area (Å²) in [5.74, 6) is 0.0540. The van der Waals surface area contributed by atoms with Gasteiger partial charge in [0.1, 0.15) is 5.41 Å². The van der Waals surface area contributed by atoms with Gasteiger partial charge >= 0.3 is 6.01 Å². The highest BCUT2D eigenvalue weighted by Crippen LogP contribution is 2.36. The number of hydrogen-bond donors (Lipinski definition) is 1. The third kappa shape index (κ3) is 2.28. The zero-order chi connectivity index (χ0) is 12.3. The Bertz CT molecular complexity index is 454. The normalized spacial score (nSPS) is 18.4. The van der Waals surface area contributed by atoms with E-state index in [2.05, 4.69) is 21.6 Å². The molecule has 0 spiro atoms. The summed E-state index contributed by atoms with van der Waals surface area (Å²) < 4.78 is 5.07. The molecule has 1 aromatic rings. The minimum Gasteiger partial charge on any atom is -0.408 e. The number of rotatable bonds is 2. The van der Waals surface area contributed by atoms with Gasteiger partial charge in [-0.3, -0.25) is 10.1 Å². The second-order valence-electron chi connectivity index (χ2n) is 4.33. The molecule has 0 saturated heterocycles. The second-order valence-corrected chi connectivity index (χ2v) is 4.33. The molecule has 0 aromatic carbocycles. The van der Waals surface area contributed by atoms with Gasteiger partial charge in [0.25, 0.3) is 0 Å². The Kier molecular flexibility index (Phi) is 3.09. The number of anilines is 1. The molecule has 1 heterocycles. The average Bonchev–Trinajstić information content (AvgIpc) is 2.75. The third-order valence-corrected chi connectivity index (χ3v) is 3.10.